The Morgan fingerprint density at radius 3 is 2.57 bits per heavy atom. The van der Waals surface area contributed by atoms with Crippen molar-refractivity contribution in [3.63, 3.8) is 0 Å². The van der Waals surface area contributed by atoms with Crippen LogP contribution in [-0.2, 0) is 13.5 Å². The first-order valence-corrected chi connectivity index (χ1v) is 9.33. The second-order valence-electron chi connectivity index (χ2n) is 7.10. The number of carbonyl (C=O) groups is 1. The summed E-state index contributed by atoms with van der Waals surface area (Å²) in [6, 6.07) is 4.73. The number of halogens is 3. The zero-order valence-electron chi connectivity index (χ0n) is 16.6. The van der Waals surface area contributed by atoms with Gasteiger partial charge in [-0.1, -0.05) is 0 Å². The minimum absolute atomic E-state index is 0.195. The standard InChI is InChI=1S/C21H19F3N4O2/c1-11-19-14(5-7-28(11)21(29)12-4-6-25-17(10-12)30-3)20(27(2)26-19)13-8-15(22)18(24)16(23)9-13/h4,6,8-11H,5,7H2,1-3H3/t11-/m0/s1. The van der Waals surface area contributed by atoms with Gasteiger partial charge in [0.1, 0.15) is 0 Å². The van der Waals surface area contributed by atoms with E-state index in [-0.39, 0.29) is 17.5 Å². The van der Waals surface area contributed by atoms with Crippen LogP contribution in [0.1, 0.15) is 34.6 Å². The lowest BCUT2D eigenvalue weighted by molar-refractivity contribution is 0.0673. The van der Waals surface area contributed by atoms with Gasteiger partial charge in [-0.3, -0.25) is 9.48 Å². The van der Waals surface area contributed by atoms with Crippen LogP contribution in [0.5, 0.6) is 5.88 Å². The van der Waals surface area contributed by atoms with Gasteiger partial charge < -0.3 is 9.64 Å². The highest BCUT2D eigenvalue weighted by atomic mass is 19.2. The molecule has 4 rings (SSSR count). The molecule has 1 aliphatic heterocycles. The van der Waals surface area contributed by atoms with Gasteiger partial charge in [-0.15, -0.1) is 0 Å². The lowest BCUT2D eigenvalue weighted by Gasteiger charge is -2.33. The zero-order chi connectivity index (χ0) is 21.6. The average Bonchev–Trinajstić information content (AvgIpc) is 3.08. The molecule has 0 radical (unpaired) electrons. The molecule has 0 saturated heterocycles. The quantitative estimate of drug-likeness (QED) is 0.612. The molecule has 1 atom stereocenters. The number of methoxy groups -OCH3 is 1. The highest BCUT2D eigenvalue weighted by Crippen LogP contribution is 2.36. The number of nitrogens with zero attached hydrogens (tertiary/aromatic N) is 4. The smallest absolute Gasteiger partial charge is 0.254 e. The van der Waals surface area contributed by atoms with E-state index < -0.39 is 17.5 Å². The number of amides is 1. The molecule has 1 amide bonds. The van der Waals surface area contributed by atoms with Crippen LogP contribution in [0, 0.1) is 17.5 Å². The molecule has 0 bridgehead atoms. The third-order valence-corrected chi connectivity index (χ3v) is 5.35. The van der Waals surface area contributed by atoms with Crippen molar-refractivity contribution in [3.05, 3.63) is 64.7 Å². The number of hydrogen-bond donors (Lipinski definition) is 0. The summed E-state index contributed by atoms with van der Waals surface area (Å²) in [5.74, 6) is -3.88. The van der Waals surface area contributed by atoms with Gasteiger partial charge in [-0.2, -0.15) is 5.10 Å². The summed E-state index contributed by atoms with van der Waals surface area (Å²) in [6.07, 6.45) is 1.94. The predicted octanol–water partition coefficient (Wildman–Crippen LogP) is 3.67. The summed E-state index contributed by atoms with van der Waals surface area (Å²) >= 11 is 0. The van der Waals surface area contributed by atoms with Crippen molar-refractivity contribution < 1.29 is 22.7 Å². The fraction of sp³-hybridized carbons (Fsp3) is 0.286. The van der Waals surface area contributed by atoms with Crippen molar-refractivity contribution in [2.45, 2.75) is 19.4 Å². The van der Waals surface area contributed by atoms with E-state index in [0.717, 1.165) is 17.7 Å². The van der Waals surface area contributed by atoms with E-state index in [4.69, 9.17) is 4.74 Å². The average molecular weight is 416 g/mol. The maximum atomic E-state index is 13.8. The van der Waals surface area contributed by atoms with Crippen LogP contribution < -0.4 is 4.74 Å². The number of fused-ring (bicyclic) bond motifs is 1. The molecule has 0 spiro atoms. The molecule has 0 N–H and O–H groups in total. The molecule has 3 heterocycles. The Balaban J connectivity index is 1.71. The number of carbonyl (C=O) groups excluding carboxylic acids is 1. The number of aryl methyl sites for hydroxylation is 1. The SMILES string of the molecule is COc1cc(C(=O)N2CCc3c(nn(C)c3-c3cc(F)c(F)c(F)c3)[C@@H]2C)ccn1. The van der Waals surface area contributed by atoms with Gasteiger partial charge in [-0.05, 0) is 31.5 Å². The van der Waals surface area contributed by atoms with Crippen molar-refractivity contribution in [3.8, 4) is 17.1 Å². The predicted molar refractivity (Wildman–Crippen MR) is 102 cm³/mol. The zero-order valence-corrected chi connectivity index (χ0v) is 16.6. The van der Waals surface area contributed by atoms with E-state index >= 15 is 0 Å². The van der Waals surface area contributed by atoms with Gasteiger partial charge in [0.15, 0.2) is 17.5 Å². The van der Waals surface area contributed by atoms with Crippen LogP contribution in [0.25, 0.3) is 11.3 Å². The van der Waals surface area contributed by atoms with Crippen molar-refractivity contribution in [1.82, 2.24) is 19.7 Å². The van der Waals surface area contributed by atoms with Crippen molar-refractivity contribution in [2.24, 2.45) is 7.05 Å². The Kier molecular flexibility index (Phi) is 4.97. The molecule has 0 saturated carbocycles. The van der Waals surface area contributed by atoms with E-state index in [1.54, 1.807) is 24.1 Å². The number of hydrogen-bond acceptors (Lipinski definition) is 4. The molecule has 1 aromatic carbocycles. The lowest BCUT2D eigenvalue weighted by atomic mass is 9.95. The first kappa shape index (κ1) is 19.9. The van der Waals surface area contributed by atoms with Crippen LogP contribution in [-0.4, -0.2) is 39.2 Å². The highest BCUT2D eigenvalue weighted by Gasteiger charge is 2.33. The first-order valence-electron chi connectivity index (χ1n) is 9.33. The summed E-state index contributed by atoms with van der Waals surface area (Å²) in [7, 11) is 3.13. The maximum absolute atomic E-state index is 13.8. The molecule has 1 aliphatic rings. The summed E-state index contributed by atoms with van der Waals surface area (Å²) in [5.41, 5.74) is 2.57. The molecule has 6 nitrogen and oxygen atoms in total. The van der Waals surface area contributed by atoms with Crippen molar-refractivity contribution in [2.75, 3.05) is 13.7 Å². The minimum atomic E-state index is -1.51. The molecular formula is C21H19F3N4O2. The Morgan fingerprint density at radius 2 is 1.90 bits per heavy atom. The fourth-order valence-corrected chi connectivity index (χ4v) is 3.89. The molecular weight excluding hydrogens is 397 g/mol. The fourth-order valence-electron chi connectivity index (χ4n) is 3.89. The van der Waals surface area contributed by atoms with Gasteiger partial charge in [0, 0.05) is 42.5 Å². The number of rotatable bonds is 3. The van der Waals surface area contributed by atoms with Crippen LogP contribution in [0.4, 0.5) is 13.2 Å². The van der Waals surface area contributed by atoms with Crippen LogP contribution in [0.3, 0.4) is 0 Å². The number of pyridine rings is 1. The maximum Gasteiger partial charge on any atom is 0.254 e. The number of aromatic nitrogens is 3. The van der Waals surface area contributed by atoms with Crippen molar-refractivity contribution >= 4 is 5.91 Å². The van der Waals surface area contributed by atoms with Gasteiger partial charge in [-0.25, -0.2) is 18.2 Å². The number of ether oxygens (including phenoxy) is 1. The van der Waals surface area contributed by atoms with Crippen LogP contribution >= 0.6 is 0 Å². The van der Waals surface area contributed by atoms with Gasteiger partial charge >= 0.3 is 0 Å². The third-order valence-electron chi connectivity index (χ3n) is 5.35. The second kappa shape index (κ2) is 7.47. The molecule has 30 heavy (non-hydrogen) atoms. The van der Waals surface area contributed by atoms with E-state index in [1.165, 1.54) is 18.0 Å². The number of benzene rings is 1. The molecule has 9 heteroatoms. The summed E-state index contributed by atoms with van der Waals surface area (Å²) in [6.45, 7) is 2.24. The third kappa shape index (κ3) is 3.20. The van der Waals surface area contributed by atoms with E-state index in [0.29, 0.717) is 35.8 Å². The van der Waals surface area contributed by atoms with E-state index in [9.17, 15) is 18.0 Å². The largest absolute Gasteiger partial charge is 0.481 e. The Labute approximate surface area is 170 Å². The Hall–Kier alpha value is -3.36. The Bertz CT molecular complexity index is 1120. The Morgan fingerprint density at radius 1 is 1.20 bits per heavy atom. The molecule has 0 fully saturated rings. The molecule has 0 aliphatic carbocycles. The lowest BCUT2D eigenvalue weighted by Crippen LogP contribution is -2.38. The normalized spacial score (nSPS) is 15.8. The van der Waals surface area contributed by atoms with Gasteiger partial charge in [0.25, 0.3) is 5.91 Å². The van der Waals surface area contributed by atoms with Crippen molar-refractivity contribution in [1.29, 1.82) is 0 Å². The van der Waals surface area contributed by atoms with E-state index in [1.807, 2.05) is 6.92 Å². The molecule has 2 aromatic heterocycles. The first-order chi connectivity index (χ1) is 14.3. The summed E-state index contributed by atoms with van der Waals surface area (Å²) in [4.78, 5) is 18.7. The van der Waals surface area contributed by atoms with Crippen LogP contribution in [0.2, 0.25) is 0 Å². The van der Waals surface area contributed by atoms with Gasteiger partial charge in [0.2, 0.25) is 5.88 Å². The topological polar surface area (TPSA) is 60.2 Å². The van der Waals surface area contributed by atoms with E-state index in [2.05, 4.69) is 10.1 Å². The minimum Gasteiger partial charge on any atom is -0.481 e. The molecule has 0 unspecified atom stereocenters. The summed E-state index contributed by atoms with van der Waals surface area (Å²) in [5, 5.41) is 4.50. The highest BCUT2D eigenvalue weighted by molar-refractivity contribution is 5.95. The van der Waals surface area contributed by atoms with Crippen LogP contribution in [0.15, 0.2) is 30.5 Å². The second-order valence-corrected chi connectivity index (χ2v) is 7.10. The molecule has 156 valence electrons. The van der Waals surface area contributed by atoms with Gasteiger partial charge in [0.05, 0.1) is 24.5 Å². The molecule has 3 aromatic rings. The monoisotopic (exact) mass is 416 g/mol. The summed E-state index contributed by atoms with van der Waals surface area (Å²) < 4.78 is 47.5.